The first-order valence-electron chi connectivity index (χ1n) is 7.35. The Balaban J connectivity index is 1.73. The summed E-state index contributed by atoms with van der Waals surface area (Å²) in [6, 6.07) is 13.6. The molecule has 0 radical (unpaired) electrons. The Morgan fingerprint density at radius 3 is 2.67 bits per heavy atom. The highest BCUT2D eigenvalue weighted by molar-refractivity contribution is 7.92. The number of sulfonamides is 1. The molecule has 5 heteroatoms. The van der Waals surface area contributed by atoms with Gasteiger partial charge in [0.15, 0.2) is 0 Å². The molecular formula is C16H20N2O2S. The van der Waals surface area contributed by atoms with E-state index in [1.54, 1.807) is 0 Å². The molecule has 1 aliphatic rings. The SMILES string of the molecule is O=S(=O)(CC1CCCCN1)Nc1ccc2ccccc2c1. The lowest BCUT2D eigenvalue weighted by Gasteiger charge is -2.23. The summed E-state index contributed by atoms with van der Waals surface area (Å²) >= 11 is 0. The van der Waals surface area contributed by atoms with Crippen LogP contribution in [-0.2, 0) is 10.0 Å². The van der Waals surface area contributed by atoms with Crippen LogP contribution in [0, 0.1) is 0 Å². The number of nitrogens with one attached hydrogen (secondary N) is 2. The Kier molecular flexibility index (Phi) is 4.12. The smallest absolute Gasteiger partial charge is 0.234 e. The molecule has 1 aliphatic heterocycles. The van der Waals surface area contributed by atoms with Gasteiger partial charge in [0, 0.05) is 11.7 Å². The van der Waals surface area contributed by atoms with Crippen molar-refractivity contribution in [3.8, 4) is 0 Å². The summed E-state index contributed by atoms with van der Waals surface area (Å²) in [7, 11) is -3.32. The van der Waals surface area contributed by atoms with E-state index in [-0.39, 0.29) is 11.8 Å². The molecule has 0 spiro atoms. The predicted molar refractivity (Wildman–Crippen MR) is 87.0 cm³/mol. The third-order valence-electron chi connectivity index (χ3n) is 3.86. The lowest BCUT2D eigenvalue weighted by molar-refractivity contribution is 0.424. The zero-order valence-electron chi connectivity index (χ0n) is 11.9. The quantitative estimate of drug-likeness (QED) is 0.913. The molecule has 4 nitrogen and oxygen atoms in total. The van der Waals surface area contributed by atoms with E-state index in [1.807, 2.05) is 42.5 Å². The van der Waals surface area contributed by atoms with E-state index in [2.05, 4.69) is 10.0 Å². The van der Waals surface area contributed by atoms with Gasteiger partial charge in [0.1, 0.15) is 0 Å². The van der Waals surface area contributed by atoms with Gasteiger partial charge in [0.25, 0.3) is 0 Å². The first kappa shape index (κ1) is 14.4. The van der Waals surface area contributed by atoms with Crippen molar-refractivity contribution >= 4 is 26.5 Å². The van der Waals surface area contributed by atoms with E-state index in [4.69, 9.17) is 0 Å². The number of benzene rings is 2. The van der Waals surface area contributed by atoms with Gasteiger partial charge in [-0.05, 0) is 42.3 Å². The molecular weight excluding hydrogens is 284 g/mol. The van der Waals surface area contributed by atoms with E-state index in [0.717, 1.165) is 36.6 Å². The van der Waals surface area contributed by atoms with E-state index < -0.39 is 10.0 Å². The molecule has 0 aromatic heterocycles. The molecule has 2 N–H and O–H groups in total. The maximum Gasteiger partial charge on any atom is 0.234 e. The number of anilines is 1. The van der Waals surface area contributed by atoms with E-state index in [1.165, 1.54) is 0 Å². The molecule has 1 heterocycles. The topological polar surface area (TPSA) is 58.2 Å². The van der Waals surface area contributed by atoms with Crippen LogP contribution in [-0.4, -0.2) is 26.8 Å². The second kappa shape index (κ2) is 6.03. The van der Waals surface area contributed by atoms with Crippen LogP contribution in [0.2, 0.25) is 0 Å². The highest BCUT2D eigenvalue weighted by Gasteiger charge is 2.20. The van der Waals surface area contributed by atoms with E-state index >= 15 is 0 Å². The van der Waals surface area contributed by atoms with Crippen LogP contribution < -0.4 is 10.0 Å². The van der Waals surface area contributed by atoms with Gasteiger partial charge in [-0.25, -0.2) is 8.42 Å². The van der Waals surface area contributed by atoms with Crippen LogP contribution in [0.25, 0.3) is 10.8 Å². The maximum atomic E-state index is 12.3. The molecule has 0 aliphatic carbocycles. The lowest BCUT2D eigenvalue weighted by atomic mass is 10.1. The van der Waals surface area contributed by atoms with E-state index in [0.29, 0.717) is 5.69 Å². The van der Waals surface area contributed by atoms with Gasteiger partial charge in [0.2, 0.25) is 10.0 Å². The molecule has 0 amide bonds. The van der Waals surface area contributed by atoms with Crippen molar-refractivity contribution in [1.82, 2.24) is 5.32 Å². The van der Waals surface area contributed by atoms with Crippen molar-refractivity contribution in [2.24, 2.45) is 0 Å². The Morgan fingerprint density at radius 2 is 1.90 bits per heavy atom. The molecule has 0 bridgehead atoms. The van der Waals surface area contributed by atoms with Crippen molar-refractivity contribution in [2.75, 3.05) is 17.0 Å². The predicted octanol–water partition coefficient (Wildman–Crippen LogP) is 2.72. The summed E-state index contributed by atoms with van der Waals surface area (Å²) in [6.07, 6.45) is 3.16. The average Bonchev–Trinajstić information content (AvgIpc) is 2.47. The second-order valence-corrected chi connectivity index (χ2v) is 7.36. The van der Waals surface area contributed by atoms with Gasteiger partial charge in [-0.15, -0.1) is 0 Å². The summed E-state index contributed by atoms with van der Waals surface area (Å²) in [5.41, 5.74) is 0.629. The summed E-state index contributed by atoms with van der Waals surface area (Å²) in [5.74, 6) is 0.139. The molecule has 1 saturated heterocycles. The highest BCUT2D eigenvalue weighted by Crippen LogP contribution is 2.20. The number of rotatable bonds is 4. The Hall–Kier alpha value is -1.59. The fourth-order valence-electron chi connectivity index (χ4n) is 2.81. The second-order valence-electron chi connectivity index (χ2n) is 5.59. The molecule has 2 aromatic carbocycles. The minimum Gasteiger partial charge on any atom is -0.313 e. The third-order valence-corrected chi connectivity index (χ3v) is 5.24. The Bertz CT molecular complexity index is 722. The molecule has 1 fully saturated rings. The summed E-state index contributed by atoms with van der Waals surface area (Å²) in [5, 5.41) is 5.41. The minimum atomic E-state index is -3.32. The van der Waals surface area contributed by atoms with Crippen LogP contribution >= 0.6 is 0 Å². The standard InChI is InChI=1S/C16H20N2O2S/c19-21(20,12-16-7-3-4-10-17-16)18-15-9-8-13-5-1-2-6-14(13)11-15/h1-2,5-6,8-9,11,16-18H,3-4,7,10,12H2. The number of hydrogen-bond acceptors (Lipinski definition) is 3. The zero-order chi connectivity index (χ0) is 14.7. The van der Waals surface area contributed by atoms with Gasteiger partial charge in [-0.3, -0.25) is 4.72 Å². The summed E-state index contributed by atoms with van der Waals surface area (Å²) in [4.78, 5) is 0. The average molecular weight is 304 g/mol. The fourth-order valence-corrected chi connectivity index (χ4v) is 4.19. The van der Waals surface area contributed by atoms with E-state index in [9.17, 15) is 8.42 Å². The first-order valence-corrected chi connectivity index (χ1v) is 9.00. The van der Waals surface area contributed by atoms with Gasteiger partial charge in [-0.1, -0.05) is 36.8 Å². The molecule has 1 unspecified atom stereocenters. The van der Waals surface area contributed by atoms with Crippen LogP contribution in [0.1, 0.15) is 19.3 Å². The number of fused-ring (bicyclic) bond motifs is 1. The summed E-state index contributed by atoms with van der Waals surface area (Å²) in [6.45, 7) is 0.913. The Morgan fingerprint density at radius 1 is 1.10 bits per heavy atom. The molecule has 2 aromatic rings. The molecule has 21 heavy (non-hydrogen) atoms. The van der Waals surface area contributed by atoms with Crippen molar-refractivity contribution in [2.45, 2.75) is 25.3 Å². The lowest BCUT2D eigenvalue weighted by Crippen LogP contribution is -2.40. The van der Waals surface area contributed by atoms with Crippen molar-refractivity contribution in [3.05, 3.63) is 42.5 Å². The monoisotopic (exact) mass is 304 g/mol. The largest absolute Gasteiger partial charge is 0.313 e. The van der Waals surface area contributed by atoms with Gasteiger partial charge >= 0.3 is 0 Å². The molecule has 0 saturated carbocycles. The molecule has 3 rings (SSSR count). The van der Waals surface area contributed by atoms with Crippen molar-refractivity contribution < 1.29 is 8.42 Å². The van der Waals surface area contributed by atoms with Crippen LogP contribution in [0.5, 0.6) is 0 Å². The van der Waals surface area contributed by atoms with Crippen LogP contribution in [0.15, 0.2) is 42.5 Å². The Labute approximate surface area is 125 Å². The molecule has 112 valence electrons. The highest BCUT2D eigenvalue weighted by atomic mass is 32.2. The van der Waals surface area contributed by atoms with Crippen LogP contribution in [0.3, 0.4) is 0 Å². The molecule has 1 atom stereocenters. The van der Waals surface area contributed by atoms with Gasteiger partial charge < -0.3 is 5.32 Å². The van der Waals surface area contributed by atoms with Crippen molar-refractivity contribution in [3.63, 3.8) is 0 Å². The van der Waals surface area contributed by atoms with Crippen LogP contribution in [0.4, 0.5) is 5.69 Å². The zero-order valence-corrected chi connectivity index (χ0v) is 12.7. The maximum absolute atomic E-state index is 12.3. The number of hydrogen-bond donors (Lipinski definition) is 2. The summed E-state index contributed by atoms with van der Waals surface area (Å²) < 4.78 is 27.2. The first-order chi connectivity index (χ1) is 10.1. The third kappa shape index (κ3) is 3.74. The van der Waals surface area contributed by atoms with Crippen molar-refractivity contribution in [1.29, 1.82) is 0 Å². The van der Waals surface area contributed by atoms with Gasteiger partial charge in [0.05, 0.1) is 5.75 Å². The fraction of sp³-hybridized carbons (Fsp3) is 0.375. The number of piperidine rings is 1. The normalized spacial score (nSPS) is 19.5. The minimum absolute atomic E-state index is 0.0664. The van der Waals surface area contributed by atoms with Gasteiger partial charge in [-0.2, -0.15) is 0 Å².